The molecule has 1 heterocycles. The lowest BCUT2D eigenvalue weighted by Crippen LogP contribution is -2.15. The molecule has 1 aromatic heterocycles. The molecule has 0 saturated heterocycles. The molecule has 0 aliphatic heterocycles. The summed E-state index contributed by atoms with van der Waals surface area (Å²) >= 11 is 0. The average molecular weight is 450 g/mol. The number of carbonyl (C=O) groups is 2. The van der Waals surface area contributed by atoms with Crippen LogP contribution in [0.5, 0.6) is 0 Å². The second-order valence-electron chi connectivity index (χ2n) is 8.89. The van der Waals surface area contributed by atoms with Gasteiger partial charge in [-0.05, 0) is 36.5 Å². The summed E-state index contributed by atoms with van der Waals surface area (Å²) in [6.07, 6.45) is 6.45. The molecule has 0 atom stereocenters. The van der Waals surface area contributed by atoms with Crippen molar-refractivity contribution in [3.63, 3.8) is 0 Å². The highest BCUT2D eigenvalue weighted by Crippen LogP contribution is 2.34. The van der Waals surface area contributed by atoms with Gasteiger partial charge in [0.2, 0.25) is 0 Å². The molecule has 5 rings (SSSR count). The van der Waals surface area contributed by atoms with E-state index >= 15 is 0 Å². The van der Waals surface area contributed by atoms with Crippen molar-refractivity contribution in [1.29, 1.82) is 0 Å². The maximum absolute atomic E-state index is 13.0. The van der Waals surface area contributed by atoms with Crippen LogP contribution in [0.3, 0.4) is 0 Å². The monoisotopic (exact) mass is 449 g/mol. The Labute approximate surface area is 199 Å². The minimum absolute atomic E-state index is 0.231. The van der Waals surface area contributed by atoms with Gasteiger partial charge < -0.3 is 4.74 Å². The van der Waals surface area contributed by atoms with Crippen LogP contribution in [0.4, 0.5) is 0 Å². The van der Waals surface area contributed by atoms with E-state index in [0.29, 0.717) is 22.4 Å². The van der Waals surface area contributed by atoms with E-state index in [0.717, 1.165) is 16.8 Å². The summed E-state index contributed by atoms with van der Waals surface area (Å²) in [5.74, 6) is -0.117. The first-order valence-corrected chi connectivity index (χ1v) is 11.9. The van der Waals surface area contributed by atoms with Gasteiger partial charge in [0.05, 0.1) is 16.8 Å². The number of fused-ring (bicyclic) bond motifs is 1. The Hall–Kier alpha value is -3.79. The number of rotatable bonds is 6. The zero-order chi connectivity index (χ0) is 23.3. The van der Waals surface area contributed by atoms with E-state index in [4.69, 9.17) is 9.72 Å². The number of esters is 1. The second kappa shape index (κ2) is 10.0. The van der Waals surface area contributed by atoms with Gasteiger partial charge in [-0.2, -0.15) is 0 Å². The number of nitrogens with zero attached hydrogens (tertiary/aromatic N) is 1. The van der Waals surface area contributed by atoms with Gasteiger partial charge in [-0.25, -0.2) is 9.78 Å². The number of aromatic nitrogens is 1. The maximum atomic E-state index is 13.0. The predicted octanol–water partition coefficient (Wildman–Crippen LogP) is 6.99. The molecule has 1 aliphatic carbocycles. The number of benzene rings is 3. The van der Waals surface area contributed by atoms with Crippen LogP contribution in [-0.2, 0) is 4.74 Å². The summed E-state index contributed by atoms with van der Waals surface area (Å²) in [7, 11) is 0. The minimum Gasteiger partial charge on any atom is -0.454 e. The highest BCUT2D eigenvalue weighted by atomic mass is 16.5. The Kier molecular flexibility index (Phi) is 6.48. The molecule has 4 aromatic rings. The van der Waals surface area contributed by atoms with E-state index in [9.17, 15) is 9.59 Å². The Balaban J connectivity index is 1.41. The first-order chi connectivity index (χ1) is 16.7. The molecular weight excluding hydrogens is 422 g/mol. The Morgan fingerprint density at radius 3 is 2.29 bits per heavy atom. The molecule has 3 aromatic carbocycles. The lowest BCUT2D eigenvalue weighted by atomic mass is 9.84. The number of ether oxygens (including phenoxy) is 1. The van der Waals surface area contributed by atoms with Gasteiger partial charge in [-0.3, -0.25) is 4.79 Å². The number of hydrogen-bond donors (Lipinski definition) is 0. The van der Waals surface area contributed by atoms with Crippen LogP contribution in [-0.4, -0.2) is 23.3 Å². The van der Waals surface area contributed by atoms with E-state index in [-0.39, 0.29) is 12.4 Å². The Morgan fingerprint density at radius 2 is 1.53 bits per heavy atom. The zero-order valence-electron chi connectivity index (χ0n) is 19.1. The number of hydrogen-bond acceptors (Lipinski definition) is 4. The third-order valence-electron chi connectivity index (χ3n) is 6.65. The third kappa shape index (κ3) is 4.76. The van der Waals surface area contributed by atoms with Crippen LogP contribution in [0, 0.1) is 0 Å². The number of para-hydroxylation sites is 1. The molecule has 0 N–H and O–H groups in total. The van der Waals surface area contributed by atoms with Crippen LogP contribution in [0.1, 0.15) is 64.3 Å². The van der Waals surface area contributed by atoms with E-state index in [1.54, 1.807) is 30.3 Å². The number of ketones is 1. The van der Waals surface area contributed by atoms with Gasteiger partial charge in [0, 0.05) is 16.5 Å². The molecule has 4 heteroatoms. The largest absolute Gasteiger partial charge is 0.454 e. The molecule has 4 nitrogen and oxygen atoms in total. The molecule has 1 saturated carbocycles. The lowest BCUT2D eigenvalue weighted by molar-refractivity contribution is 0.0476. The molecule has 0 amide bonds. The van der Waals surface area contributed by atoms with Crippen molar-refractivity contribution in [2.24, 2.45) is 0 Å². The molecule has 0 unspecified atom stereocenters. The summed E-state index contributed by atoms with van der Waals surface area (Å²) in [5.41, 5.74) is 4.71. The van der Waals surface area contributed by atoms with Crippen molar-refractivity contribution in [3.05, 3.63) is 102 Å². The molecule has 0 radical (unpaired) electrons. The van der Waals surface area contributed by atoms with E-state index in [1.807, 2.05) is 30.3 Å². The van der Waals surface area contributed by atoms with Gasteiger partial charge in [0.15, 0.2) is 12.4 Å². The average Bonchev–Trinajstić information content (AvgIpc) is 2.92. The van der Waals surface area contributed by atoms with Gasteiger partial charge >= 0.3 is 5.97 Å². The third-order valence-corrected chi connectivity index (χ3v) is 6.65. The van der Waals surface area contributed by atoms with E-state index in [1.165, 1.54) is 37.7 Å². The quantitative estimate of drug-likeness (QED) is 0.235. The normalized spacial score (nSPS) is 14.1. The van der Waals surface area contributed by atoms with Crippen molar-refractivity contribution in [2.45, 2.75) is 38.0 Å². The van der Waals surface area contributed by atoms with Crippen molar-refractivity contribution in [2.75, 3.05) is 6.61 Å². The second-order valence-corrected chi connectivity index (χ2v) is 8.89. The first-order valence-electron chi connectivity index (χ1n) is 11.9. The highest BCUT2D eigenvalue weighted by Gasteiger charge is 2.18. The fourth-order valence-electron chi connectivity index (χ4n) is 4.77. The fourth-order valence-corrected chi connectivity index (χ4v) is 4.77. The molecule has 1 fully saturated rings. The van der Waals surface area contributed by atoms with Crippen molar-refractivity contribution < 1.29 is 14.3 Å². The Bertz CT molecular complexity index is 1310. The SMILES string of the molecule is O=C(COC(=O)c1cc(-c2ccc(C3CCCCC3)cc2)nc2ccccc12)c1ccccc1. The summed E-state index contributed by atoms with van der Waals surface area (Å²) in [6, 6.07) is 26.7. The molecule has 0 bridgehead atoms. The number of carbonyl (C=O) groups excluding carboxylic acids is 2. The van der Waals surface area contributed by atoms with Crippen LogP contribution >= 0.6 is 0 Å². The summed E-state index contributed by atoms with van der Waals surface area (Å²) < 4.78 is 5.43. The van der Waals surface area contributed by atoms with Crippen LogP contribution in [0.15, 0.2) is 84.9 Å². The Morgan fingerprint density at radius 1 is 0.824 bits per heavy atom. The van der Waals surface area contributed by atoms with Crippen LogP contribution in [0.2, 0.25) is 0 Å². The lowest BCUT2D eigenvalue weighted by Gasteiger charge is -2.22. The van der Waals surface area contributed by atoms with E-state index in [2.05, 4.69) is 24.3 Å². The molecule has 0 spiro atoms. The highest BCUT2D eigenvalue weighted by molar-refractivity contribution is 6.06. The first kappa shape index (κ1) is 22.0. The summed E-state index contributed by atoms with van der Waals surface area (Å²) in [5, 5.41) is 0.710. The topological polar surface area (TPSA) is 56.3 Å². The van der Waals surface area contributed by atoms with Gasteiger partial charge in [-0.15, -0.1) is 0 Å². The van der Waals surface area contributed by atoms with Gasteiger partial charge in [-0.1, -0.05) is 92.1 Å². The number of Topliss-reactive ketones (excluding diaryl/α,β-unsaturated/α-hetero) is 1. The van der Waals surface area contributed by atoms with Crippen LogP contribution < -0.4 is 0 Å². The molecule has 1 aliphatic rings. The van der Waals surface area contributed by atoms with Crippen molar-refractivity contribution in [3.8, 4) is 11.3 Å². The van der Waals surface area contributed by atoms with Crippen LogP contribution in [0.25, 0.3) is 22.2 Å². The standard InChI is InChI=1S/C30H27NO3/c32-29(24-11-5-2-6-12-24)20-34-30(33)26-19-28(31-27-14-8-7-13-25(26)27)23-17-15-22(16-18-23)21-9-3-1-4-10-21/h2,5-8,11-19,21H,1,3-4,9-10,20H2. The fraction of sp³-hybridized carbons (Fsp3) is 0.233. The summed E-state index contributed by atoms with van der Waals surface area (Å²) in [4.78, 5) is 30.2. The van der Waals surface area contributed by atoms with E-state index < -0.39 is 5.97 Å². The molecule has 34 heavy (non-hydrogen) atoms. The number of pyridine rings is 1. The van der Waals surface area contributed by atoms with Crippen molar-refractivity contribution in [1.82, 2.24) is 4.98 Å². The molecular formula is C30H27NO3. The van der Waals surface area contributed by atoms with Crippen molar-refractivity contribution >= 4 is 22.7 Å². The predicted molar refractivity (Wildman–Crippen MR) is 134 cm³/mol. The molecule has 170 valence electrons. The maximum Gasteiger partial charge on any atom is 0.339 e. The van der Waals surface area contributed by atoms with Gasteiger partial charge in [0.25, 0.3) is 0 Å². The zero-order valence-corrected chi connectivity index (χ0v) is 19.1. The minimum atomic E-state index is -0.525. The smallest absolute Gasteiger partial charge is 0.339 e. The van der Waals surface area contributed by atoms with Gasteiger partial charge in [0.1, 0.15) is 0 Å². The summed E-state index contributed by atoms with van der Waals surface area (Å²) in [6.45, 7) is -0.301.